The standard InChI is InChI=1S/C9H15F3N2O5S/c1-5(4-20(3,18)19)13-7(17)14-8(2,6(15)16)9(10,11)12/h5H,4H2,1-3H3,(H,15,16)(H2,13,14,17). The van der Waals surface area contributed by atoms with Gasteiger partial charge in [0.25, 0.3) is 0 Å². The molecule has 0 aliphatic carbocycles. The minimum atomic E-state index is -5.21. The van der Waals surface area contributed by atoms with E-state index in [2.05, 4.69) is 0 Å². The predicted octanol–water partition coefficient (Wildman–Crippen LogP) is 0.124. The van der Waals surface area contributed by atoms with Crippen molar-refractivity contribution in [2.24, 2.45) is 0 Å². The van der Waals surface area contributed by atoms with Crippen molar-refractivity contribution in [1.29, 1.82) is 0 Å². The number of halogens is 3. The van der Waals surface area contributed by atoms with Gasteiger partial charge in [0.05, 0.1) is 5.75 Å². The van der Waals surface area contributed by atoms with Gasteiger partial charge < -0.3 is 15.7 Å². The van der Waals surface area contributed by atoms with Crippen LogP contribution in [0.25, 0.3) is 0 Å². The summed E-state index contributed by atoms with van der Waals surface area (Å²) in [6.45, 7) is 1.54. The Kier molecular flexibility index (Phi) is 5.41. The summed E-state index contributed by atoms with van der Waals surface area (Å²) >= 11 is 0. The SMILES string of the molecule is CC(CS(C)(=O)=O)NC(=O)NC(C)(C(=O)O)C(F)(F)F. The first kappa shape index (κ1) is 18.5. The van der Waals surface area contributed by atoms with Crippen LogP contribution in [-0.2, 0) is 14.6 Å². The number of nitrogens with one attached hydrogen (secondary N) is 2. The van der Waals surface area contributed by atoms with Gasteiger partial charge in [0.1, 0.15) is 9.84 Å². The van der Waals surface area contributed by atoms with E-state index in [0.29, 0.717) is 0 Å². The molecule has 0 heterocycles. The molecule has 2 unspecified atom stereocenters. The van der Waals surface area contributed by atoms with Crippen LogP contribution in [-0.4, -0.2) is 55.3 Å². The van der Waals surface area contributed by atoms with Crippen LogP contribution in [0.15, 0.2) is 0 Å². The Hall–Kier alpha value is -1.52. The van der Waals surface area contributed by atoms with Gasteiger partial charge in [-0.1, -0.05) is 0 Å². The highest BCUT2D eigenvalue weighted by Crippen LogP contribution is 2.30. The molecule has 0 aliphatic rings. The lowest BCUT2D eigenvalue weighted by Crippen LogP contribution is -2.64. The first-order chi connectivity index (χ1) is 8.69. The molecule has 2 amide bonds. The summed E-state index contributed by atoms with van der Waals surface area (Å²) in [7, 11) is -3.44. The second-order valence-electron chi connectivity index (χ2n) is 4.52. The van der Waals surface area contributed by atoms with Crippen LogP contribution in [0.5, 0.6) is 0 Å². The largest absolute Gasteiger partial charge is 0.479 e. The molecule has 2 atom stereocenters. The zero-order chi connectivity index (χ0) is 16.4. The zero-order valence-corrected chi connectivity index (χ0v) is 11.7. The van der Waals surface area contributed by atoms with Gasteiger partial charge in [0.2, 0.25) is 5.54 Å². The van der Waals surface area contributed by atoms with Gasteiger partial charge in [-0.3, -0.25) is 0 Å². The van der Waals surface area contributed by atoms with Gasteiger partial charge in [-0.15, -0.1) is 0 Å². The Morgan fingerprint density at radius 1 is 1.30 bits per heavy atom. The van der Waals surface area contributed by atoms with Crippen LogP contribution in [0, 0.1) is 0 Å². The molecule has 0 rings (SSSR count). The highest BCUT2D eigenvalue weighted by atomic mass is 32.2. The van der Waals surface area contributed by atoms with E-state index in [0.717, 1.165) is 6.26 Å². The van der Waals surface area contributed by atoms with E-state index in [9.17, 15) is 31.2 Å². The van der Waals surface area contributed by atoms with Crippen LogP contribution in [0.2, 0.25) is 0 Å². The molecule has 0 aromatic rings. The van der Waals surface area contributed by atoms with Crippen molar-refractivity contribution >= 4 is 21.8 Å². The maximum atomic E-state index is 12.6. The summed E-state index contributed by atoms with van der Waals surface area (Å²) < 4.78 is 59.7. The quantitative estimate of drug-likeness (QED) is 0.666. The number of amides is 2. The van der Waals surface area contributed by atoms with Crippen LogP contribution in [0.4, 0.5) is 18.0 Å². The normalized spacial score (nSPS) is 16.9. The number of sulfone groups is 1. The molecule has 7 nitrogen and oxygen atoms in total. The second kappa shape index (κ2) is 5.85. The lowest BCUT2D eigenvalue weighted by molar-refractivity contribution is -0.203. The predicted molar refractivity (Wildman–Crippen MR) is 62.9 cm³/mol. The third kappa shape index (κ3) is 5.23. The fourth-order valence-corrected chi connectivity index (χ4v) is 2.22. The molecule has 0 aliphatic heterocycles. The molecule has 0 aromatic carbocycles. The number of alkyl halides is 3. The van der Waals surface area contributed by atoms with Gasteiger partial charge in [-0.05, 0) is 13.8 Å². The number of rotatable bonds is 5. The molecule has 0 saturated heterocycles. The average molecular weight is 320 g/mol. The molecular formula is C9H15F3N2O5S. The van der Waals surface area contributed by atoms with Crippen molar-refractivity contribution in [3.63, 3.8) is 0 Å². The topological polar surface area (TPSA) is 113 Å². The van der Waals surface area contributed by atoms with Crippen molar-refractivity contribution in [2.75, 3.05) is 12.0 Å². The molecule has 0 spiro atoms. The van der Waals surface area contributed by atoms with Crippen molar-refractivity contribution in [3.05, 3.63) is 0 Å². The van der Waals surface area contributed by atoms with Crippen LogP contribution in [0.1, 0.15) is 13.8 Å². The molecule has 0 aromatic heterocycles. The first-order valence-corrected chi connectivity index (χ1v) is 7.31. The lowest BCUT2D eigenvalue weighted by Gasteiger charge is -2.29. The van der Waals surface area contributed by atoms with Crippen LogP contribution >= 0.6 is 0 Å². The van der Waals surface area contributed by atoms with Crippen LogP contribution in [0.3, 0.4) is 0 Å². The molecule has 11 heteroatoms. The summed E-state index contributed by atoms with van der Waals surface area (Å²) in [5.74, 6) is -2.77. The summed E-state index contributed by atoms with van der Waals surface area (Å²) in [5, 5.41) is 11.8. The van der Waals surface area contributed by atoms with Crippen molar-refractivity contribution < 1.29 is 36.3 Å². The molecule has 0 radical (unpaired) electrons. The van der Waals surface area contributed by atoms with E-state index in [1.165, 1.54) is 12.2 Å². The zero-order valence-electron chi connectivity index (χ0n) is 10.9. The van der Waals surface area contributed by atoms with Crippen molar-refractivity contribution in [1.82, 2.24) is 10.6 Å². The van der Waals surface area contributed by atoms with E-state index in [4.69, 9.17) is 5.11 Å². The van der Waals surface area contributed by atoms with Crippen molar-refractivity contribution in [2.45, 2.75) is 31.6 Å². The first-order valence-electron chi connectivity index (χ1n) is 5.25. The van der Waals surface area contributed by atoms with Gasteiger partial charge in [0.15, 0.2) is 0 Å². The molecular weight excluding hydrogens is 305 g/mol. The van der Waals surface area contributed by atoms with Crippen molar-refractivity contribution in [3.8, 4) is 0 Å². The molecule has 0 saturated carbocycles. The fourth-order valence-electron chi connectivity index (χ4n) is 1.23. The number of hydrogen-bond acceptors (Lipinski definition) is 4. The molecule has 0 fully saturated rings. The monoisotopic (exact) mass is 320 g/mol. The van der Waals surface area contributed by atoms with E-state index < -0.39 is 45.3 Å². The number of carboxylic acids is 1. The molecule has 118 valence electrons. The molecule has 3 N–H and O–H groups in total. The van der Waals surface area contributed by atoms with E-state index in [1.54, 1.807) is 0 Å². The average Bonchev–Trinajstić information content (AvgIpc) is 2.10. The number of urea groups is 1. The number of hydrogen-bond donors (Lipinski definition) is 3. The maximum absolute atomic E-state index is 12.6. The lowest BCUT2D eigenvalue weighted by atomic mass is 10.0. The molecule has 20 heavy (non-hydrogen) atoms. The third-order valence-corrected chi connectivity index (χ3v) is 3.39. The van der Waals surface area contributed by atoms with E-state index >= 15 is 0 Å². The Morgan fingerprint density at radius 2 is 1.75 bits per heavy atom. The highest BCUT2D eigenvalue weighted by molar-refractivity contribution is 7.90. The van der Waals surface area contributed by atoms with E-state index in [-0.39, 0.29) is 6.92 Å². The third-order valence-electron chi connectivity index (χ3n) is 2.29. The summed E-state index contributed by atoms with van der Waals surface area (Å²) in [6.07, 6.45) is -4.32. The molecule has 0 bridgehead atoms. The van der Waals surface area contributed by atoms with Gasteiger partial charge in [-0.25, -0.2) is 18.0 Å². The summed E-state index contributed by atoms with van der Waals surface area (Å²) in [6, 6.07) is -2.40. The number of carbonyl (C=O) groups excluding carboxylic acids is 1. The van der Waals surface area contributed by atoms with E-state index in [1.807, 2.05) is 5.32 Å². The fraction of sp³-hybridized carbons (Fsp3) is 0.778. The highest BCUT2D eigenvalue weighted by Gasteiger charge is 2.58. The van der Waals surface area contributed by atoms with Gasteiger partial charge >= 0.3 is 18.2 Å². The minimum Gasteiger partial charge on any atom is -0.479 e. The number of carboxylic acid groups (broad SMARTS) is 1. The Bertz CT molecular complexity index is 490. The van der Waals surface area contributed by atoms with Crippen LogP contribution < -0.4 is 10.6 Å². The Morgan fingerprint density at radius 3 is 2.05 bits per heavy atom. The van der Waals surface area contributed by atoms with Gasteiger partial charge in [-0.2, -0.15) is 13.2 Å². The summed E-state index contributed by atoms with van der Waals surface area (Å²) in [4.78, 5) is 22.0. The number of carbonyl (C=O) groups is 2. The minimum absolute atomic E-state index is 0.288. The Labute approximate surface area is 113 Å². The van der Waals surface area contributed by atoms with Gasteiger partial charge in [0, 0.05) is 12.3 Å². The summed E-state index contributed by atoms with van der Waals surface area (Å²) in [5.41, 5.74) is -3.47. The Balaban J connectivity index is 4.86. The second-order valence-corrected chi connectivity index (χ2v) is 6.70. The smallest absolute Gasteiger partial charge is 0.422 e. The number of aliphatic carboxylic acids is 1. The maximum Gasteiger partial charge on any atom is 0.422 e.